The number of rotatable bonds is 3. The number of aromatic nitrogens is 2. The molecule has 0 aliphatic heterocycles. The Balaban J connectivity index is 1.95. The summed E-state index contributed by atoms with van der Waals surface area (Å²) in [5.74, 6) is -0.363. The van der Waals surface area contributed by atoms with E-state index in [1.54, 1.807) is 24.3 Å². The largest absolute Gasteiger partial charge is 0.322 e. The molecule has 0 radical (unpaired) electrons. The van der Waals surface area contributed by atoms with Crippen molar-refractivity contribution >= 4 is 21.6 Å². The monoisotopic (exact) mass is 289 g/mol. The van der Waals surface area contributed by atoms with E-state index in [0.29, 0.717) is 15.8 Å². The molecule has 1 unspecified atom stereocenters. The molecule has 4 nitrogen and oxygen atoms in total. The third-order valence-electron chi connectivity index (χ3n) is 3.15. The number of halogens is 1. The van der Waals surface area contributed by atoms with Gasteiger partial charge >= 0.3 is 0 Å². The summed E-state index contributed by atoms with van der Waals surface area (Å²) in [6.45, 7) is 0.193. The van der Waals surface area contributed by atoms with Gasteiger partial charge in [0, 0.05) is 12.1 Å². The van der Waals surface area contributed by atoms with Crippen molar-refractivity contribution in [3.63, 3.8) is 0 Å². The Hall–Kier alpha value is -2.05. The molecule has 20 heavy (non-hydrogen) atoms. The smallest absolute Gasteiger partial charge is 0.262 e. The maximum absolute atomic E-state index is 13.7. The van der Waals surface area contributed by atoms with Crippen molar-refractivity contribution in [3.05, 3.63) is 63.8 Å². The molecular weight excluding hydrogens is 277 g/mol. The molecule has 0 saturated heterocycles. The average molecular weight is 289 g/mol. The second-order valence-electron chi connectivity index (χ2n) is 4.47. The van der Waals surface area contributed by atoms with Crippen LogP contribution in [-0.2, 0) is 6.54 Å². The van der Waals surface area contributed by atoms with Crippen molar-refractivity contribution in [1.82, 2.24) is 9.55 Å². The van der Waals surface area contributed by atoms with E-state index in [9.17, 15) is 9.18 Å². The average Bonchev–Trinajstić information content (AvgIpc) is 2.91. The number of benzene rings is 1. The van der Waals surface area contributed by atoms with Crippen LogP contribution in [0.2, 0.25) is 0 Å². The van der Waals surface area contributed by atoms with Crippen molar-refractivity contribution in [2.75, 3.05) is 0 Å². The Morgan fingerprint density at radius 1 is 1.35 bits per heavy atom. The summed E-state index contributed by atoms with van der Waals surface area (Å²) < 4.78 is 15.1. The van der Waals surface area contributed by atoms with Crippen LogP contribution in [0.1, 0.15) is 11.6 Å². The van der Waals surface area contributed by atoms with Gasteiger partial charge in [-0.15, -0.1) is 11.3 Å². The van der Waals surface area contributed by atoms with E-state index in [0.717, 1.165) is 0 Å². The van der Waals surface area contributed by atoms with Crippen molar-refractivity contribution < 1.29 is 4.39 Å². The Kier molecular flexibility index (Phi) is 3.33. The second-order valence-corrected chi connectivity index (χ2v) is 5.36. The van der Waals surface area contributed by atoms with Crippen LogP contribution >= 0.6 is 11.3 Å². The van der Waals surface area contributed by atoms with Gasteiger partial charge in [0.1, 0.15) is 10.6 Å². The molecular formula is C14H12FN3OS. The van der Waals surface area contributed by atoms with E-state index >= 15 is 0 Å². The molecule has 2 heterocycles. The summed E-state index contributed by atoms with van der Waals surface area (Å²) in [6.07, 6.45) is 1.46. The third-order valence-corrected chi connectivity index (χ3v) is 3.97. The summed E-state index contributed by atoms with van der Waals surface area (Å²) >= 11 is 1.41. The van der Waals surface area contributed by atoms with Crippen LogP contribution in [0.3, 0.4) is 0 Å². The van der Waals surface area contributed by atoms with Crippen molar-refractivity contribution in [2.24, 2.45) is 5.73 Å². The van der Waals surface area contributed by atoms with Crippen molar-refractivity contribution in [1.29, 1.82) is 0 Å². The first-order chi connectivity index (χ1) is 9.66. The molecule has 0 spiro atoms. The summed E-state index contributed by atoms with van der Waals surface area (Å²) in [6, 6.07) is 7.46. The predicted octanol–water partition coefficient (Wildman–Crippen LogP) is 2.30. The highest BCUT2D eigenvalue weighted by atomic mass is 32.1. The molecule has 6 heteroatoms. The first kappa shape index (κ1) is 13.0. The van der Waals surface area contributed by atoms with Gasteiger partial charge in [-0.2, -0.15) is 0 Å². The molecule has 3 rings (SSSR count). The number of hydrogen-bond donors (Lipinski definition) is 1. The molecule has 1 aromatic carbocycles. The molecule has 0 amide bonds. The third kappa shape index (κ3) is 2.23. The zero-order valence-electron chi connectivity index (χ0n) is 10.5. The number of nitrogens with two attached hydrogens (primary N) is 1. The summed E-state index contributed by atoms with van der Waals surface area (Å²) in [4.78, 5) is 17.1. The molecule has 102 valence electrons. The quantitative estimate of drug-likeness (QED) is 0.804. The molecule has 1 atom stereocenters. The number of thiophene rings is 1. The molecule has 3 aromatic rings. The zero-order valence-corrected chi connectivity index (χ0v) is 11.3. The highest BCUT2D eigenvalue weighted by Gasteiger charge is 2.13. The maximum Gasteiger partial charge on any atom is 0.262 e. The van der Waals surface area contributed by atoms with Crippen LogP contribution in [0, 0.1) is 5.82 Å². The van der Waals surface area contributed by atoms with Crippen LogP contribution in [-0.4, -0.2) is 9.55 Å². The minimum atomic E-state index is -0.591. The van der Waals surface area contributed by atoms with E-state index in [1.807, 2.05) is 5.38 Å². The van der Waals surface area contributed by atoms with Gasteiger partial charge < -0.3 is 5.73 Å². The van der Waals surface area contributed by atoms with Crippen LogP contribution in [0.5, 0.6) is 0 Å². The lowest BCUT2D eigenvalue weighted by molar-refractivity contribution is 0.522. The van der Waals surface area contributed by atoms with Crippen LogP contribution in [0.25, 0.3) is 10.2 Å². The fourth-order valence-corrected chi connectivity index (χ4v) is 2.83. The molecule has 2 N–H and O–H groups in total. The summed E-state index contributed by atoms with van der Waals surface area (Å²) in [7, 11) is 0. The van der Waals surface area contributed by atoms with E-state index in [-0.39, 0.29) is 17.9 Å². The number of hydrogen-bond acceptors (Lipinski definition) is 4. The van der Waals surface area contributed by atoms with Gasteiger partial charge in [-0.25, -0.2) is 9.37 Å². The summed E-state index contributed by atoms with van der Waals surface area (Å²) in [5.41, 5.74) is 6.23. The maximum atomic E-state index is 13.7. The lowest BCUT2D eigenvalue weighted by Crippen LogP contribution is -2.27. The van der Waals surface area contributed by atoms with Crippen molar-refractivity contribution in [2.45, 2.75) is 12.6 Å². The minimum Gasteiger partial charge on any atom is -0.322 e. The summed E-state index contributed by atoms with van der Waals surface area (Å²) in [5, 5.41) is 2.39. The molecule has 2 aromatic heterocycles. The van der Waals surface area contributed by atoms with E-state index in [4.69, 9.17) is 5.73 Å². The van der Waals surface area contributed by atoms with Gasteiger partial charge in [0.25, 0.3) is 5.56 Å². The SMILES string of the molecule is NC(Cn1cnc2sccc2c1=O)c1ccccc1F. The van der Waals surface area contributed by atoms with Gasteiger partial charge in [-0.1, -0.05) is 18.2 Å². The highest BCUT2D eigenvalue weighted by molar-refractivity contribution is 7.16. The normalized spacial score (nSPS) is 12.7. The molecule has 0 bridgehead atoms. The van der Waals surface area contributed by atoms with Gasteiger partial charge in [-0.3, -0.25) is 9.36 Å². The van der Waals surface area contributed by atoms with Crippen LogP contribution in [0.15, 0.2) is 46.8 Å². The number of fused-ring (bicyclic) bond motifs is 1. The first-order valence-corrected chi connectivity index (χ1v) is 6.97. The van der Waals surface area contributed by atoms with Gasteiger partial charge in [0.2, 0.25) is 0 Å². The lowest BCUT2D eigenvalue weighted by Gasteiger charge is -2.14. The lowest BCUT2D eigenvalue weighted by atomic mass is 10.1. The Bertz CT molecular complexity index is 811. The Labute approximate surface area is 118 Å². The molecule has 0 fully saturated rings. The highest BCUT2D eigenvalue weighted by Crippen LogP contribution is 2.17. The Morgan fingerprint density at radius 3 is 2.95 bits per heavy atom. The van der Waals surface area contributed by atoms with E-state index < -0.39 is 6.04 Å². The van der Waals surface area contributed by atoms with Crippen LogP contribution < -0.4 is 11.3 Å². The second kappa shape index (κ2) is 5.15. The first-order valence-electron chi connectivity index (χ1n) is 6.09. The fourth-order valence-electron chi connectivity index (χ4n) is 2.11. The topological polar surface area (TPSA) is 60.9 Å². The number of nitrogens with zero attached hydrogens (tertiary/aromatic N) is 2. The van der Waals surface area contributed by atoms with Gasteiger partial charge in [-0.05, 0) is 17.5 Å². The Morgan fingerprint density at radius 2 is 2.15 bits per heavy atom. The van der Waals surface area contributed by atoms with Gasteiger partial charge in [0.15, 0.2) is 0 Å². The van der Waals surface area contributed by atoms with E-state index in [2.05, 4.69) is 4.98 Å². The van der Waals surface area contributed by atoms with Crippen LogP contribution in [0.4, 0.5) is 4.39 Å². The van der Waals surface area contributed by atoms with Gasteiger partial charge in [0.05, 0.1) is 17.8 Å². The minimum absolute atomic E-state index is 0.150. The molecule has 0 aliphatic rings. The predicted molar refractivity (Wildman–Crippen MR) is 77.2 cm³/mol. The van der Waals surface area contributed by atoms with Crippen molar-refractivity contribution in [3.8, 4) is 0 Å². The fraction of sp³-hybridized carbons (Fsp3) is 0.143. The molecule has 0 aliphatic carbocycles. The van der Waals surface area contributed by atoms with E-state index in [1.165, 1.54) is 28.3 Å². The standard InChI is InChI=1S/C14H12FN3OS/c15-11-4-2-1-3-9(11)12(16)7-18-8-17-13-10(14(18)19)5-6-20-13/h1-6,8,12H,7,16H2. The zero-order chi connectivity index (χ0) is 14.1. The molecule has 0 saturated carbocycles.